The summed E-state index contributed by atoms with van der Waals surface area (Å²) in [4.78, 5) is 29.7. The zero-order valence-electron chi connectivity index (χ0n) is 25.3. The summed E-state index contributed by atoms with van der Waals surface area (Å²) < 4.78 is 29.5. The van der Waals surface area contributed by atoms with E-state index in [-0.39, 0.29) is 23.4 Å². The number of nitrogens with zero attached hydrogens (tertiary/aromatic N) is 2. The van der Waals surface area contributed by atoms with Crippen LogP contribution in [0.15, 0.2) is 77.7 Å². The van der Waals surface area contributed by atoms with Crippen LogP contribution in [0.3, 0.4) is 0 Å². The Morgan fingerprint density at radius 2 is 1.53 bits per heavy atom. The highest BCUT2D eigenvalue weighted by Crippen LogP contribution is 2.29. The molecule has 1 aliphatic rings. The smallest absolute Gasteiger partial charge is 0.264 e. The highest BCUT2D eigenvalue weighted by molar-refractivity contribution is 7.92. The second-order valence-corrected chi connectivity index (χ2v) is 13.5. The number of nitrogens with one attached hydrogen (secondary N) is 1. The first-order valence-corrected chi connectivity index (χ1v) is 17.0. The standard InChI is InChI=1S/C34H42ClN3O4S/c1-4-26-13-10-12-18-32(26)38(43(41,42)29-21-19-25(3)20-22-29)24-33(39)37(23-27-14-9-11-17-30(27)35)31(5-2)34(40)36-28-15-7-6-8-16-28/h9-14,17-22,28,31H,4-8,15-16,23-24H2,1-3H3,(H,36,40). The van der Waals surface area contributed by atoms with Gasteiger partial charge in [-0.2, -0.15) is 0 Å². The van der Waals surface area contributed by atoms with Crippen LogP contribution in [0.5, 0.6) is 0 Å². The molecule has 0 saturated heterocycles. The van der Waals surface area contributed by atoms with E-state index in [4.69, 9.17) is 11.6 Å². The van der Waals surface area contributed by atoms with Gasteiger partial charge in [0.1, 0.15) is 12.6 Å². The first-order chi connectivity index (χ1) is 20.6. The van der Waals surface area contributed by atoms with E-state index in [9.17, 15) is 18.0 Å². The van der Waals surface area contributed by atoms with Crippen LogP contribution < -0.4 is 9.62 Å². The third kappa shape index (κ3) is 7.98. The van der Waals surface area contributed by atoms with E-state index in [1.807, 2.05) is 51.1 Å². The lowest BCUT2D eigenvalue weighted by Gasteiger charge is -2.35. The SMILES string of the molecule is CCc1ccccc1N(CC(=O)N(Cc1ccccc1Cl)C(CC)C(=O)NC1CCCCC1)S(=O)(=O)c1ccc(C)cc1. The maximum atomic E-state index is 14.4. The first-order valence-electron chi connectivity index (χ1n) is 15.2. The van der Waals surface area contributed by atoms with Crippen molar-refractivity contribution in [2.24, 2.45) is 0 Å². The van der Waals surface area contributed by atoms with Crippen LogP contribution in [0.2, 0.25) is 5.02 Å². The first kappa shape index (κ1) is 32.6. The van der Waals surface area contributed by atoms with Gasteiger partial charge >= 0.3 is 0 Å². The maximum Gasteiger partial charge on any atom is 0.264 e. The number of amides is 2. The summed E-state index contributed by atoms with van der Waals surface area (Å²) in [6, 6.07) is 20.3. The van der Waals surface area contributed by atoms with Gasteiger partial charge in [0.15, 0.2) is 0 Å². The van der Waals surface area contributed by atoms with Crippen molar-refractivity contribution in [3.8, 4) is 0 Å². The lowest BCUT2D eigenvalue weighted by Crippen LogP contribution is -2.54. The largest absolute Gasteiger partial charge is 0.352 e. The van der Waals surface area contributed by atoms with Crippen LogP contribution in [-0.4, -0.2) is 43.8 Å². The van der Waals surface area contributed by atoms with Gasteiger partial charge in [0.25, 0.3) is 10.0 Å². The van der Waals surface area contributed by atoms with Crippen molar-refractivity contribution in [3.05, 3.63) is 94.5 Å². The number of hydrogen-bond donors (Lipinski definition) is 1. The van der Waals surface area contributed by atoms with Crippen LogP contribution in [0.25, 0.3) is 0 Å². The van der Waals surface area contributed by atoms with Crippen LogP contribution in [-0.2, 0) is 32.6 Å². The van der Waals surface area contributed by atoms with E-state index in [1.165, 1.54) is 9.21 Å². The fraction of sp³-hybridized carbons (Fsp3) is 0.412. The summed E-state index contributed by atoms with van der Waals surface area (Å²) in [6.45, 7) is 5.31. The second-order valence-electron chi connectivity index (χ2n) is 11.2. The van der Waals surface area contributed by atoms with Gasteiger partial charge in [0.2, 0.25) is 11.8 Å². The summed E-state index contributed by atoms with van der Waals surface area (Å²) in [6.07, 6.45) is 6.05. The number of sulfonamides is 1. The van der Waals surface area contributed by atoms with Crippen molar-refractivity contribution in [1.29, 1.82) is 0 Å². The summed E-state index contributed by atoms with van der Waals surface area (Å²) in [5.41, 5.74) is 2.85. The van der Waals surface area contributed by atoms with Gasteiger partial charge in [-0.15, -0.1) is 0 Å². The number of hydrogen-bond acceptors (Lipinski definition) is 4. The van der Waals surface area contributed by atoms with Crippen LogP contribution in [0.1, 0.15) is 69.1 Å². The summed E-state index contributed by atoms with van der Waals surface area (Å²) in [5, 5.41) is 3.65. The monoisotopic (exact) mass is 623 g/mol. The fourth-order valence-corrected chi connectivity index (χ4v) is 7.33. The number of halogens is 1. The molecule has 43 heavy (non-hydrogen) atoms. The Morgan fingerprint density at radius 1 is 0.907 bits per heavy atom. The van der Waals surface area contributed by atoms with E-state index in [0.29, 0.717) is 29.1 Å². The van der Waals surface area contributed by atoms with Crippen molar-refractivity contribution >= 4 is 39.1 Å². The maximum absolute atomic E-state index is 14.4. The van der Waals surface area contributed by atoms with Crippen LogP contribution in [0, 0.1) is 6.92 Å². The number of para-hydroxylation sites is 1. The summed E-state index contributed by atoms with van der Waals surface area (Å²) >= 11 is 6.52. The molecule has 3 aromatic rings. The molecule has 7 nitrogen and oxygen atoms in total. The third-order valence-electron chi connectivity index (χ3n) is 8.17. The molecule has 4 rings (SSSR count). The minimum atomic E-state index is -4.13. The Kier molecular flexibility index (Phi) is 11.3. The third-order valence-corrected chi connectivity index (χ3v) is 10.3. The molecular weight excluding hydrogens is 582 g/mol. The zero-order chi connectivity index (χ0) is 31.0. The Bertz CT molecular complexity index is 1500. The minimum Gasteiger partial charge on any atom is -0.352 e. The lowest BCUT2D eigenvalue weighted by atomic mass is 9.95. The number of aryl methyl sites for hydroxylation is 2. The topological polar surface area (TPSA) is 86.8 Å². The molecule has 1 unspecified atom stereocenters. The van der Waals surface area contributed by atoms with Crippen molar-refractivity contribution in [2.45, 2.75) is 89.2 Å². The number of carbonyl (C=O) groups excluding carboxylic acids is 2. The molecule has 3 aromatic carbocycles. The average molecular weight is 624 g/mol. The molecule has 9 heteroatoms. The number of anilines is 1. The molecule has 0 bridgehead atoms. The second kappa shape index (κ2) is 14.9. The van der Waals surface area contributed by atoms with E-state index in [0.717, 1.165) is 43.2 Å². The van der Waals surface area contributed by atoms with Crippen molar-refractivity contribution in [2.75, 3.05) is 10.8 Å². The van der Waals surface area contributed by atoms with Crippen LogP contribution in [0.4, 0.5) is 5.69 Å². The molecule has 0 aliphatic heterocycles. The van der Waals surface area contributed by atoms with Gasteiger partial charge < -0.3 is 10.2 Å². The molecule has 0 radical (unpaired) electrons. The molecule has 2 amide bonds. The van der Waals surface area contributed by atoms with Gasteiger partial charge in [-0.05, 0) is 68.0 Å². The molecule has 0 spiro atoms. The molecule has 1 aliphatic carbocycles. The van der Waals surface area contributed by atoms with E-state index < -0.39 is 28.5 Å². The molecule has 1 saturated carbocycles. The molecule has 230 valence electrons. The molecule has 0 heterocycles. The normalized spacial score (nSPS) is 14.6. The van der Waals surface area contributed by atoms with Crippen molar-refractivity contribution in [3.63, 3.8) is 0 Å². The Morgan fingerprint density at radius 3 is 2.16 bits per heavy atom. The predicted octanol–water partition coefficient (Wildman–Crippen LogP) is 6.66. The molecule has 1 fully saturated rings. The van der Waals surface area contributed by atoms with Crippen molar-refractivity contribution in [1.82, 2.24) is 10.2 Å². The zero-order valence-corrected chi connectivity index (χ0v) is 26.8. The van der Waals surface area contributed by atoms with E-state index >= 15 is 0 Å². The molecule has 1 atom stereocenters. The Balaban J connectivity index is 1.74. The van der Waals surface area contributed by atoms with E-state index in [2.05, 4.69) is 5.32 Å². The van der Waals surface area contributed by atoms with Gasteiger partial charge in [-0.3, -0.25) is 13.9 Å². The van der Waals surface area contributed by atoms with Crippen molar-refractivity contribution < 1.29 is 18.0 Å². The highest BCUT2D eigenvalue weighted by Gasteiger charge is 2.35. The fourth-order valence-electron chi connectivity index (χ4n) is 5.68. The highest BCUT2D eigenvalue weighted by atomic mass is 35.5. The van der Waals surface area contributed by atoms with Gasteiger partial charge in [-0.1, -0.05) is 98.8 Å². The quantitative estimate of drug-likeness (QED) is 0.244. The average Bonchev–Trinajstić information content (AvgIpc) is 3.01. The lowest BCUT2D eigenvalue weighted by molar-refractivity contribution is -0.140. The minimum absolute atomic E-state index is 0.0717. The predicted molar refractivity (Wildman–Crippen MR) is 173 cm³/mol. The number of rotatable bonds is 12. The van der Waals surface area contributed by atoms with Gasteiger partial charge in [0.05, 0.1) is 10.6 Å². The summed E-state index contributed by atoms with van der Waals surface area (Å²) in [5.74, 6) is -0.705. The van der Waals surface area contributed by atoms with Gasteiger partial charge in [0, 0.05) is 17.6 Å². The molecule has 0 aromatic heterocycles. The number of carbonyl (C=O) groups is 2. The Hall–Kier alpha value is -3.36. The van der Waals surface area contributed by atoms with Gasteiger partial charge in [-0.25, -0.2) is 8.42 Å². The Labute approximate surface area is 261 Å². The summed E-state index contributed by atoms with van der Waals surface area (Å²) in [7, 11) is -4.13. The molecule has 1 N–H and O–H groups in total. The molecular formula is C34H42ClN3O4S. The number of benzene rings is 3. The van der Waals surface area contributed by atoms with Crippen LogP contribution >= 0.6 is 11.6 Å². The van der Waals surface area contributed by atoms with E-state index in [1.54, 1.807) is 42.5 Å².